The van der Waals surface area contributed by atoms with Crippen molar-refractivity contribution in [2.75, 3.05) is 6.61 Å². The van der Waals surface area contributed by atoms with Crippen LogP contribution in [0.5, 0.6) is 0 Å². The van der Waals surface area contributed by atoms with Gasteiger partial charge in [0.25, 0.3) is 0 Å². The second-order valence-corrected chi connectivity index (χ2v) is 3.11. The largest absolute Gasteiger partial charge is 0.272 e. The van der Waals surface area contributed by atoms with Gasteiger partial charge in [-0.2, -0.15) is 0 Å². The van der Waals surface area contributed by atoms with E-state index in [1.54, 1.807) is 0 Å². The van der Waals surface area contributed by atoms with Gasteiger partial charge in [-0.1, -0.05) is 30.3 Å². The van der Waals surface area contributed by atoms with Crippen LogP contribution >= 0.6 is 0 Å². The van der Waals surface area contributed by atoms with Crippen LogP contribution in [0.15, 0.2) is 35.3 Å². The van der Waals surface area contributed by atoms with Crippen LogP contribution < -0.4 is 5.48 Å². The molecule has 0 saturated carbocycles. The number of nitrogens with zero attached hydrogens (tertiary/aromatic N) is 1. The monoisotopic (exact) mass is 176 g/mol. The Kier molecular flexibility index (Phi) is 2.27. The van der Waals surface area contributed by atoms with E-state index in [0.29, 0.717) is 6.61 Å². The van der Waals surface area contributed by atoms with Crippen molar-refractivity contribution in [1.82, 2.24) is 5.48 Å². The van der Waals surface area contributed by atoms with Gasteiger partial charge in [0.15, 0.2) is 5.84 Å². The van der Waals surface area contributed by atoms with Gasteiger partial charge in [-0.15, -0.1) is 0 Å². The Balaban J connectivity index is 2.26. The highest BCUT2D eigenvalue weighted by Crippen LogP contribution is 2.05. The first-order valence-corrected chi connectivity index (χ1v) is 4.37. The first-order valence-electron chi connectivity index (χ1n) is 4.37. The molecule has 1 aliphatic rings. The Morgan fingerprint density at radius 2 is 2.15 bits per heavy atom. The molecule has 0 spiro atoms. The summed E-state index contributed by atoms with van der Waals surface area (Å²) in [5, 5.41) is 0. The van der Waals surface area contributed by atoms with E-state index in [1.807, 2.05) is 37.3 Å². The van der Waals surface area contributed by atoms with Crippen LogP contribution in [0.1, 0.15) is 12.5 Å². The van der Waals surface area contributed by atoms with E-state index in [9.17, 15) is 0 Å². The molecular weight excluding hydrogens is 164 g/mol. The molecule has 1 aromatic rings. The topological polar surface area (TPSA) is 33.6 Å². The molecule has 0 aromatic heterocycles. The van der Waals surface area contributed by atoms with Crippen molar-refractivity contribution >= 4 is 5.84 Å². The van der Waals surface area contributed by atoms with E-state index in [0.717, 1.165) is 11.4 Å². The highest BCUT2D eigenvalue weighted by molar-refractivity contribution is 5.98. The number of hydroxylamine groups is 1. The summed E-state index contributed by atoms with van der Waals surface area (Å²) in [4.78, 5) is 9.60. The quantitative estimate of drug-likeness (QED) is 0.700. The van der Waals surface area contributed by atoms with E-state index in [4.69, 9.17) is 4.84 Å². The standard InChI is InChI=1S/C10H12N2O/c1-8-7-13-12-10(11-8)9-5-3-2-4-6-9/h2-6,8H,7H2,1H3,(H,11,12). The highest BCUT2D eigenvalue weighted by Gasteiger charge is 2.11. The molecule has 2 rings (SSSR count). The molecule has 0 aliphatic carbocycles. The number of aliphatic imine (C=N–C) groups is 1. The lowest BCUT2D eigenvalue weighted by Gasteiger charge is -2.18. The van der Waals surface area contributed by atoms with Gasteiger partial charge in [-0.05, 0) is 6.92 Å². The summed E-state index contributed by atoms with van der Waals surface area (Å²) < 4.78 is 0. The van der Waals surface area contributed by atoms with Crippen LogP contribution in [-0.4, -0.2) is 18.5 Å². The molecule has 68 valence electrons. The molecule has 0 saturated heterocycles. The number of rotatable bonds is 1. The Morgan fingerprint density at radius 3 is 2.85 bits per heavy atom. The first kappa shape index (κ1) is 8.26. The smallest absolute Gasteiger partial charge is 0.152 e. The van der Waals surface area contributed by atoms with Crippen molar-refractivity contribution in [3.8, 4) is 0 Å². The Hall–Kier alpha value is -1.35. The first-order chi connectivity index (χ1) is 6.36. The zero-order valence-corrected chi connectivity index (χ0v) is 7.53. The minimum absolute atomic E-state index is 0.233. The molecule has 1 N–H and O–H groups in total. The Bertz CT molecular complexity index is 308. The maximum absolute atomic E-state index is 5.17. The molecule has 13 heavy (non-hydrogen) atoms. The zero-order valence-electron chi connectivity index (χ0n) is 7.53. The highest BCUT2D eigenvalue weighted by atomic mass is 16.6. The van der Waals surface area contributed by atoms with Gasteiger partial charge in [0.1, 0.15) is 0 Å². The van der Waals surface area contributed by atoms with Gasteiger partial charge in [-0.25, -0.2) is 5.48 Å². The van der Waals surface area contributed by atoms with E-state index in [1.165, 1.54) is 0 Å². The van der Waals surface area contributed by atoms with Crippen molar-refractivity contribution in [3.05, 3.63) is 35.9 Å². The summed E-state index contributed by atoms with van der Waals surface area (Å²) in [6, 6.07) is 10.2. The van der Waals surface area contributed by atoms with Crippen molar-refractivity contribution in [2.24, 2.45) is 4.99 Å². The molecule has 1 heterocycles. The molecule has 1 atom stereocenters. The third-order valence-electron chi connectivity index (χ3n) is 1.89. The van der Waals surface area contributed by atoms with Crippen LogP contribution in [-0.2, 0) is 4.84 Å². The molecular formula is C10H12N2O. The molecule has 1 unspecified atom stereocenters. The predicted molar refractivity (Wildman–Crippen MR) is 51.5 cm³/mol. The second-order valence-electron chi connectivity index (χ2n) is 3.11. The second kappa shape index (κ2) is 3.58. The summed E-state index contributed by atoms with van der Waals surface area (Å²) in [7, 11) is 0. The molecule has 1 aliphatic heterocycles. The van der Waals surface area contributed by atoms with E-state index >= 15 is 0 Å². The zero-order chi connectivity index (χ0) is 9.10. The lowest BCUT2D eigenvalue weighted by atomic mass is 10.2. The van der Waals surface area contributed by atoms with Gasteiger partial charge >= 0.3 is 0 Å². The summed E-state index contributed by atoms with van der Waals surface area (Å²) in [5.74, 6) is 0.819. The third kappa shape index (κ3) is 1.87. The fraction of sp³-hybridized carbons (Fsp3) is 0.300. The van der Waals surface area contributed by atoms with Gasteiger partial charge in [0, 0.05) is 5.56 Å². The summed E-state index contributed by atoms with van der Waals surface area (Å²) in [6.07, 6.45) is 0. The van der Waals surface area contributed by atoms with Crippen LogP contribution in [0.3, 0.4) is 0 Å². The minimum Gasteiger partial charge on any atom is -0.272 e. The lowest BCUT2D eigenvalue weighted by Crippen LogP contribution is -2.34. The van der Waals surface area contributed by atoms with Crippen LogP contribution in [0.2, 0.25) is 0 Å². The lowest BCUT2D eigenvalue weighted by molar-refractivity contribution is 0.0658. The fourth-order valence-electron chi connectivity index (χ4n) is 1.24. The molecule has 3 nitrogen and oxygen atoms in total. The van der Waals surface area contributed by atoms with Gasteiger partial charge in [0.2, 0.25) is 0 Å². The van der Waals surface area contributed by atoms with Crippen LogP contribution in [0.4, 0.5) is 0 Å². The molecule has 0 amide bonds. The van der Waals surface area contributed by atoms with Gasteiger partial charge < -0.3 is 0 Å². The Labute approximate surface area is 77.4 Å². The summed E-state index contributed by atoms with van der Waals surface area (Å²) in [6.45, 7) is 2.67. The maximum Gasteiger partial charge on any atom is 0.152 e. The Morgan fingerprint density at radius 1 is 1.38 bits per heavy atom. The van der Waals surface area contributed by atoms with Crippen molar-refractivity contribution in [3.63, 3.8) is 0 Å². The number of nitrogens with one attached hydrogen (secondary N) is 1. The van der Waals surface area contributed by atoms with Gasteiger partial charge in [0.05, 0.1) is 12.6 Å². The van der Waals surface area contributed by atoms with E-state index in [2.05, 4.69) is 10.5 Å². The number of benzene rings is 1. The predicted octanol–water partition coefficient (Wildman–Crippen LogP) is 1.36. The number of amidine groups is 1. The average Bonchev–Trinajstić information content (AvgIpc) is 2.19. The third-order valence-corrected chi connectivity index (χ3v) is 1.89. The molecule has 0 bridgehead atoms. The summed E-state index contributed by atoms with van der Waals surface area (Å²) >= 11 is 0. The number of hydrogen-bond acceptors (Lipinski definition) is 3. The minimum atomic E-state index is 0.233. The SMILES string of the molecule is CC1CONC(c2ccccc2)=N1. The van der Waals surface area contributed by atoms with Gasteiger partial charge in [-0.3, -0.25) is 9.83 Å². The summed E-state index contributed by atoms with van der Waals surface area (Å²) in [5.41, 5.74) is 3.88. The fourth-order valence-corrected chi connectivity index (χ4v) is 1.24. The molecule has 3 heteroatoms. The average molecular weight is 176 g/mol. The van der Waals surface area contributed by atoms with E-state index in [-0.39, 0.29) is 6.04 Å². The maximum atomic E-state index is 5.17. The van der Waals surface area contributed by atoms with E-state index < -0.39 is 0 Å². The molecule has 0 fully saturated rings. The molecule has 1 aromatic carbocycles. The van der Waals surface area contributed by atoms with Crippen LogP contribution in [0, 0.1) is 0 Å². The molecule has 0 radical (unpaired) electrons. The van der Waals surface area contributed by atoms with Crippen molar-refractivity contribution in [1.29, 1.82) is 0 Å². The van der Waals surface area contributed by atoms with Crippen LogP contribution in [0.25, 0.3) is 0 Å². The van der Waals surface area contributed by atoms with Crippen molar-refractivity contribution in [2.45, 2.75) is 13.0 Å². The van der Waals surface area contributed by atoms with Crippen molar-refractivity contribution < 1.29 is 4.84 Å². The number of hydrogen-bond donors (Lipinski definition) is 1. The normalized spacial score (nSPS) is 21.9.